The molecule has 1 N–H and O–H groups in total. The standard InChI is InChI=1S/C8H20NO.BF4/c1-4-5-6-9(2,3)7-8-10;2-1(3,4)5/h10H,4-8H2,1-3H3;/q+1;-1. The number of aliphatic hydroxyl groups excluding tert-OH is 1. The van der Waals surface area contributed by atoms with E-state index in [9.17, 15) is 17.3 Å². The SMILES string of the molecule is CCCC[N+](C)(C)CCO.F[B-](F)(F)F. The molecule has 0 heterocycles. The van der Waals surface area contributed by atoms with E-state index in [1.54, 1.807) is 0 Å². The molecule has 94 valence electrons. The number of unbranched alkanes of at least 4 members (excludes halogenated alkanes) is 1. The Labute approximate surface area is 88.6 Å². The summed E-state index contributed by atoms with van der Waals surface area (Å²) < 4.78 is 39.9. The Morgan fingerprint density at radius 3 is 1.73 bits per heavy atom. The fourth-order valence-electron chi connectivity index (χ4n) is 0.969. The first-order chi connectivity index (χ1) is 6.62. The van der Waals surface area contributed by atoms with Gasteiger partial charge in [-0.3, -0.25) is 0 Å². The van der Waals surface area contributed by atoms with Crippen LogP contribution >= 0.6 is 0 Å². The Bertz CT molecular complexity index is 146. The first-order valence-electron chi connectivity index (χ1n) is 4.92. The Morgan fingerprint density at radius 1 is 1.07 bits per heavy atom. The molecule has 7 heteroatoms. The number of rotatable bonds is 5. The van der Waals surface area contributed by atoms with Crippen LogP contribution < -0.4 is 0 Å². The summed E-state index contributed by atoms with van der Waals surface area (Å²) in [7, 11) is -1.68. The lowest BCUT2D eigenvalue weighted by atomic mass is 10.3. The number of nitrogens with zero attached hydrogens (tertiary/aromatic N) is 1. The molecule has 0 saturated carbocycles. The minimum atomic E-state index is -6.00. The molecule has 0 aliphatic rings. The zero-order chi connectivity index (χ0) is 12.5. The molecule has 0 fully saturated rings. The third-order valence-corrected chi connectivity index (χ3v) is 1.82. The molecule has 0 bridgehead atoms. The smallest absolute Gasteiger partial charge is 0.418 e. The van der Waals surface area contributed by atoms with E-state index in [0.29, 0.717) is 6.61 Å². The number of hydrogen-bond donors (Lipinski definition) is 1. The van der Waals surface area contributed by atoms with Gasteiger partial charge in [0, 0.05) is 0 Å². The van der Waals surface area contributed by atoms with Crippen molar-refractivity contribution in [3.05, 3.63) is 0 Å². The second-order valence-electron chi connectivity index (χ2n) is 3.95. The van der Waals surface area contributed by atoms with Crippen LogP contribution in [0.25, 0.3) is 0 Å². The Hall–Kier alpha value is -0.295. The van der Waals surface area contributed by atoms with Crippen LogP contribution in [-0.2, 0) is 0 Å². The highest BCUT2D eigenvalue weighted by molar-refractivity contribution is 6.50. The maximum absolute atomic E-state index is 9.75. The quantitative estimate of drug-likeness (QED) is 0.438. The van der Waals surface area contributed by atoms with Crippen LogP contribution in [0.3, 0.4) is 0 Å². The molecule has 0 unspecified atom stereocenters. The van der Waals surface area contributed by atoms with Crippen LogP contribution in [0.4, 0.5) is 17.3 Å². The molecule has 0 radical (unpaired) electrons. The fourth-order valence-corrected chi connectivity index (χ4v) is 0.969. The van der Waals surface area contributed by atoms with Crippen molar-refractivity contribution in [3.63, 3.8) is 0 Å². The maximum atomic E-state index is 9.75. The fraction of sp³-hybridized carbons (Fsp3) is 1.00. The van der Waals surface area contributed by atoms with Crippen molar-refractivity contribution in [2.24, 2.45) is 0 Å². The molecular weight excluding hydrogens is 213 g/mol. The van der Waals surface area contributed by atoms with E-state index in [4.69, 9.17) is 5.11 Å². The Kier molecular flexibility index (Phi) is 9.04. The summed E-state index contributed by atoms with van der Waals surface area (Å²) in [6.07, 6.45) is 2.50. The van der Waals surface area contributed by atoms with Crippen molar-refractivity contribution in [3.8, 4) is 0 Å². The van der Waals surface area contributed by atoms with E-state index in [-0.39, 0.29) is 0 Å². The molecule has 0 rings (SSSR count). The summed E-state index contributed by atoms with van der Waals surface area (Å²) >= 11 is 0. The van der Waals surface area contributed by atoms with Crippen molar-refractivity contribution < 1.29 is 26.9 Å². The minimum Gasteiger partial charge on any atom is -0.418 e. The second-order valence-corrected chi connectivity index (χ2v) is 3.95. The zero-order valence-electron chi connectivity index (χ0n) is 9.52. The van der Waals surface area contributed by atoms with Crippen molar-refractivity contribution >= 4 is 7.25 Å². The number of likely N-dealkylation sites (N-methyl/N-ethyl adjacent to an activating group) is 1. The summed E-state index contributed by atoms with van der Waals surface area (Å²) in [4.78, 5) is 0. The highest BCUT2D eigenvalue weighted by Gasteiger charge is 2.20. The van der Waals surface area contributed by atoms with E-state index >= 15 is 0 Å². The van der Waals surface area contributed by atoms with Crippen LogP contribution in [0.15, 0.2) is 0 Å². The Morgan fingerprint density at radius 2 is 1.47 bits per heavy atom. The van der Waals surface area contributed by atoms with Gasteiger partial charge >= 0.3 is 7.25 Å². The topological polar surface area (TPSA) is 20.2 Å². The van der Waals surface area contributed by atoms with Crippen LogP contribution in [0.1, 0.15) is 19.8 Å². The minimum absolute atomic E-state index is 0.302. The molecular formula is C8H20BF4NO. The van der Waals surface area contributed by atoms with Gasteiger partial charge in [-0.25, -0.2) is 0 Å². The van der Waals surface area contributed by atoms with Gasteiger partial charge in [-0.2, -0.15) is 0 Å². The van der Waals surface area contributed by atoms with Crippen molar-refractivity contribution in [1.82, 2.24) is 0 Å². The summed E-state index contributed by atoms with van der Waals surface area (Å²) in [6, 6.07) is 0. The average Bonchev–Trinajstić information content (AvgIpc) is 1.97. The molecule has 0 aromatic rings. The molecule has 15 heavy (non-hydrogen) atoms. The summed E-state index contributed by atoms with van der Waals surface area (Å²) in [5, 5.41) is 8.69. The van der Waals surface area contributed by atoms with Gasteiger partial charge in [-0.05, 0) is 6.42 Å². The third kappa shape index (κ3) is 24.8. The van der Waals surface area contributed by atoms with E-state index in [1.165, 1.54) is 19.4 Å². The highest BCUT2D eigenvalue weighted by atomic mass is 19.5. The van der Waals surface area contributed by atoms with Gasteiger partial charge in [0.1, 0.15) is 6.54 Å². The highest BCUT2D eigenvalue weighted by Crippen LogP contribution is 2.06. The van der Waals surface area contributed by atoms with E-state index in [2.05, 4.69) is 21.0 Å². The molecule has 0 aromatic heterocycles. The van der Waals surface area contributed by atoms with Gasteiger partial charge in [0.05, 0.1) is 27.2 Å². The van der Waals surface area contributed by atoms with Gasteiger partial charge in [0.25, 0.3) is 0 Å². The molecule has 0 amide bonds. The van der Waals surface area contributed by atoms with Crippen LogP contribution in [0.5, 0.6) is 0 Å². The zero-order valence-corrected chi connectivity index (χ0v) is 9.52. The predicted molar refractivity (Wildman–Crippen MR) is 54.0 cm³/mol. The maximum Gasteiger partial charge on any atom is 0.673 e. The normalized spacial score (nSPS) is 12.0. The largest absolute Gasteiger partial charge is 0.673 e. The van der Waals surface area contributed by atoms with Crippen LogP contribution in [0, 0.1) is 0 Å². The van der Waals surface area contributed by atoms with Crippen LogP contribution in [-0.4, -0.2) is 50.6 Å². The molecule has 0 aliphatic heterocycles. The van der Waals surface area contributed by atoms with Crippen LogP contribution in [0.2, 0.25) is 0 Å². The van der Waals surface area contributed by atoms with Crippen molar-refractivity contribution in [2.75, 3.05) is 33.8 Å². The van der Waals surface area contributed by atoms with E-state index in [1.807, 2.05) is 0 Å². The molecule has 0 saturated heterocycles. The van der Waals surface area contributed by atoms with Gasteiger partial charge in [0.15, 0.2) is 0 Å². The summed E-state index contributed by atoms with van der Waals surface area (Å²) in [5.74, 6) is 0. The second kappa shape index (κ2) is 7.93. The molecule has 0 aromatic carbocycles. The third-order valence-electron chi connectivity index (χ3n) is 1.82. The molecule has 0 aliphatic carbocycles. The average molecular weight is 233 g/mol. The van der Waals surface area contributed by atoms with E-state index < -0.39 is 7.25 Å². The number of hydrogen-bond acceptors (Lipinski definition) is 1. The predicted octanol–water partition coefficient (Wildman–Crippen LogP) is 2.16. The van der Waals surface area contributed by atoms with Gasteiger partial charge in [-0.15, -0.1) is 0 Å². The summed E-state index contributed by atoms with van der Waals surface area (Å²) in [6.45, 7) is 4.55. The molecule has 0 atom stereocenters. The monoisotopic (exact) mass is 233 g/mol. The van der Waals surface area contributed by atoms with Crippen molar-refractivity contribution in [2.45, 2.75) is 19.8 Å². The molecule has 0 spiro atoms. The number of quaternary nitrogens is 1. The van der Waals surface area contributed by atoms with Crippen molar-refractivity contribution in [1.29, 1.82) is 0 Å². The van der Waals surface area contributed by atoms with Gasteiger partial charge < -0.3 is 26.9 Å². The molecule has 2 nitrogen and oxygen atoms in total. The first kappa shape index (κ1) is 17.1. The van der Waals surface area contributed by atoms with Gasteiger partial charge in [0.2, 0.25) is 0 Å². The lowest BCUT2D eigenvalue weighted by Gasteiger charge is -2.28. The first-order valence-corrected chi connectivity index (χ1v) is 4.92. The number of aliphatic hydroxyl groups is 1. The Balaban J connectivity index is 0. The van der Waals surface area contributed by atoms with E-state index in [0.717, 1.165) is 11.0 Å². The lowest BCUT2D eigenvalue weighted by Crippen LogP contribution is -2.42. The number of halogens is 4. The lowest BCUT2D eigenvalue weighted by molar-refractivity contribution is -0.890. The summed E-state index contributed by atoms with van der Waals surface area (Å²) in [5.41, 5.74) is 0. The van der Waals surface area contributed by atoms with Gasteiger partial charge in [-0.1, -0.05) is 13.3 Å².